The number of hydrogen-bond acceptors (Lipinski definition) is 2. The molecular formula is C23H26BrNO2. The Morgan fingerprint density at radius 2 is 1.59 bits per heavy atom. The Morgan fingerprint density at radius 3 is 2.19 bits per heavy atom. The van der Waals surface area contributed by atoms with Gasteiger partial charge in [-0.05, 0) is 48.9 Å². The van der Waals surface area contributed by atoms with Crippen LogP contribution in [0, 0.1) is 0 Å². The van der Waals surface area contributed by atoms with E-state index in [1.54, 1.807) is 0 Å². The van der Waals surface area contributed by atoms with Gasteiger partial charge in [-0.25, -0.2) is 0 Å². The predicted molar refractivity (Wildman–Crippen MR) is 111 cm³/mol. The monoisotopic (exact) mass is 427 g/mol. The second-order valence-corrected chi connectivity index (χ2v) is 8.80. The zero-order chi connectivity index (χ0) is 18.7. The SMILES string of the molecule is O=C(NCC1(c2ccccc2)CCOCC1)C1(c2ccc(Br)cc2)CCC1. The first-order valence-corrected chi connectivity index (χ1v) is 10.6. The molecule has 1 heterocycles. The minimum Gasteiger partial charge on any atom is -0.381 e. The molecule has 0 unspecified atom stereocenters. The van der Waals surface area contributed by atoms with Crippen LogP contribution in [-0.4, -0.2) is 25.7 Å². The molecule has 2 fully saturated rings. The molecule has 2 aliphatic rings. The van der Waals surface area contributed by atoms with Gasteiger partial charge in [-0.15, -0.1) is 0 Å². The van der Waals surface area contributed by atoms with Gasteiger partial charge in [0, 0.05) is 29.6 Å². The quantitative estimate of drug-likeness (QED) is 0.748. The molecule has 0 atom stereocenters. The van der Waals surface area contributed by atoms with Gasteiger partial charge in [0.25, 0.3) is 0 Å². The molecule has 4 rings (SSSR count). The van der Waals surface area contributed by atoms with Crippen LogP contribution in [0.15, 0.2) is 59.1 Å². The Hall–Kier alpha value is -1.65. The van der Waals surface area contributed by atoms with Crippen molar-refractivity contribution in [3.63, 3.8) is 0 Å². The molecule has 1 amide bonds. The van der Waals surface area contributed by atoms with Gasteiger partial charge >= 0.3 is 0 Å². The van der Waals surface area contributed by atoms with Gasteiger partial charge in [0.2, 0.25) is 5.91 Å². The van der Waals surface area contributed by atoms with Crippen LogP contribution < -0.4 is 5.32 Å². The number of amides is 1. The van der Waals surface area contributed by atoms with Crippen LogP contribution in [-0.2, 0) is 20.4 Å². The summed E-state index contributed by atoms with van der Waals surface area (Å²) in [6.07, 6.45) is 4.87. The van der Waals surface area contributed by atoms with Crippen LogP contribution in [0.3, 0.4) is 0 Å². The van der Waals surface area contributed by atoms with Gasteiger partial charge in [0.15, 0.2) is 0 Å². The number of halogens is 1. The van der Waals surface area contributed by atoms with Gasteiger partial charge in [-0.3, -0.25) is 4.79 Å². The molecule has 1 saturated heterocycles. The third kappa shape index (κ3) is 3.57. The Bertz CT molecular complexity index is 778. The molecule has 0 radical (unpaired) electrons. The minimum absolute atomic E-state index is 0.0280. The smallest absolute Gasteiger partial charge is 0.230 e. The fourth-order valence-corrected chi connectivity index (χ4v) is 4.75. The maximum Gasteiger partial charge on any atom is 0.230 e. The van der Waals surface area contributed by atoms with Crippen LogP contribution in [0.1, 0.15) is 43.2 Å². The number of benzene rings is 2. The summed E-state index contributed by atoms with van der Waals surface area (Å²) in [5.74, 6) is 0.179. The van der Waals surface area contributed by atoms with Crippen LogP contribution in [0.25, 0.3) is 0 Å². The highest BCUT2D eigenvalue weighted by Gasteiger charge is 2.46. The van der Waals surface area contributed by atoms with Crippen molar-refractivity contribution in [3.8, 4) is 0 Å². The molecule has 2 aromatic rings. The zero-order valence-electron chi connectivity index (χ0n) is 15.5. The van der Waals surface area contributed by atoms with Crippen molar-refractivity contribution in [1.82, 2.24) is 5.32 Å². The van der Waals surface area contributed by atoms with E-state index in [0.29, 0.717) is 6.54 Å². The summed E-state index contributed by atoms with van der Waals surface area (Å²) in [4.78, 5) is 13.3. The number of ether oxygens (including phenoxy) is 1. The highest BCUT2D eigenvalue weighted by atomic mass is 79.9. The average molecular weight is 428 g/mol. The van der Waals surface area contributed by atoms with Crippen LogP contribution >= 0.6 is 15.9 Å². The Morgan fingerprint density at radius 1 is 0.926 bits per heavy atom. The summed E-state index contributed by atoms with van der Waals surface area (Å²) in [5, 5.41) is 3.34. The summed E-state index contributed by atoms with van der Waals surface area (Å²) < 4.78 is 6.66. The van der Waals surface area contributed by atoms with Gasteiger partial charge in [0.1, 0.15) is 0 Å². The van der Waals surface area contributed by atoms with Crippen molar-refractivity contribution in [2.75, 3.05) is 19.8 Å². The number of carbonyl (C=O) groups is 1. The van der Waals surface area contributed by atoms with E-state index < -0.39 is 0 Å². The Kier molecular flexibility index (Phi) is 5.38. The van der Waals surface area contributed by atoms with Gasteiger partial charge in [-0.2, -0.15) is 0 Å². The highest BCUT2D eigenvalue weighted by Crippen LogP contribution is 2.44. The second-order valence-electron chi connectivity index (χ2n) is 7.88. The van der Waals surface area contributed by atoms with E-state index in [4.69, 9.17) is 4.74 Å². The summed E-state index contributed by atoms with van der Waals surface area (Å²) in [6.45, 7) is 2.18. The molecule has 0 spiro atoms. The number of hydrogen-bond donors (Lipinski definition) is 1. The van der Waals surface area contributed by atoms with Crippen molar-refractivity contribution >= 4 is 21.8 Å². The molecular weight excluding hydrogens is 402 g/mol. The first-order chi connectivity index (χ1) is 13.1. The topological polar surface area (TPSA) is 38.3 Å². The highest BCUT2D eigenvalue weighted by molar-refractivity contribution is 9.10. The molecule has 0 bridgehead atoms. The minimum atomic E-state index is -0.357. The fraction of sp³-hybridized carbons (Fsp3) is 0.435. The molecule has 1 aliphatic heterocycles. The van der Waals surface area contributed by atoms with Crippen LogP contribution in [0.4, 0.5) is 0 Å². The third-order valence-electron chi connectivity index (χ3n) is 6.46. The average Bonchev–Trinajstić information content (AvgIpc) is 2.68. The van der Waals surface area contributed by atoms with Gasteiger partial charge in [-0.1, -0.05) is 64.8 Å². The summed E-state index contributed by atoms with van der Waals surface area (Å²) in [6, 6.07) is 18.8. The van der Waals surface area contributed by atoms with E-state index in [9.17, 15) is 4.79 Å². The number of carbonyl (C=O) groups excluding carboxylic acids is 1. The van der Waals surface area contributed by atoms with Gasteiger partial charge in [0.05, 0.1) is 5.41 Å². The van der Waals surface area contributed by atoms with E-state index in [-0.39, 0.29) is 16.7 Å². The molecule has 1 aliphatic carbocycles. The summed E-state index contributed by atoms with van der Waals surface area (Å²) >= 11 is 3.49. The molecule has 1 N–H and O–H groups in total. The molecule has 2 aromatic carbocycles. The predicted octanol–water partition coefficient (Wildman–Crippen LogP) is 4.74. The second kappa shape index (κ2) is 7.76. The maximum absolute atomic E-state index is 13.3. The van der Waals surface area contributed by atoms with Crippen molar-refractivity contribution in [3.05, 3.63) is 70.2 Å². The standard InChI is InChI=1S/C23H26BrNO2/c24-20-9-7-19(8-10-20)23(11-4-12-23)21(26)25-17-22(13-15-27-16-14-22)18-5-2-1-3-6-18/h1-3,5-10H,4,11-17H2,(H,25,26). The Balaban J connectivity index is 1.53. The summed E-state index contributed by atoms with van der Waals surface area (Å²) in [7, 11) is 0. The largest absolute Gasteiger partial charge is 0.381 e. The van der Waals surface area contributed by atoms with Crippen LogP contribution in [0.5, 0.6) is 0 Å². The third-order valence-corrected chi connectivity index (χ3v) is 6.99. The van der Waals surface area contributed by atoms with Crippen molar-refractivity contribution in [2.45, 2.75) is 42.9 Å². The van der Waals surface area contributed by atoms with Gasteiger partial charge < -0.3 is 10.1 Å². The summed E-state index contributed by atoms with van der Waals surface area (Å²) in [5.41, 5.74) is 2.05. The lowest BCUT2D eigenvalue weighted by Gasteiger charge is -2.43. The van der Waals surface area contributed by atoms with Crippen molar-refractivity contribution < 1.29 is 9.53 Å². The molecule has 3 nitrogen and oxygen atoms in total. The lowest BCUT2D eigenvalue weighted by Crippen LogP contribution is -2.53. The number of rotatable bonds is 5. The van der Waals surface area contributed by atoms with E-state index in [1.807, 2.05) is 18.2 Å². The van der Waals surface area contributed by atoms with E-state index >= 15 is 0 Å². The normalized spacial score (nSPS) is 20.5. The van der Waals surface area contributed by atoms with Crippen molar-refractivity contribution in [2.24, 2.45) is 0 Å². The zero-order valence-corrected chi connectivity index (χ0v) is 17.1. The Labute approximate surface area is 169 Å². The van der Waals surface area contributed by atoms with Crippen LogP contribution in [0.2, 0.25) is 0 Å². The first-order valence-electron chi connectivity index (χ1n) is 9.82. The van der Waals surface area contributed by atoms with E-state index in [2.05, 4.69) is 57.6 Å². The van der Waals surface area contributed by atoms with Crippen molar-refractivity contribution in [1.29, 1.82) is 0 Å². The van der Waals surface area contributed by atoms with E-state index in [1.165, 1.54) is 5.56 Å². The first kappa shape index (κ1) is 18.7. The lowest BCUT2D eigenvalue weighted by atomic mass is 9.63. The number of nitrogens with one attached hydrogen (secondary N) is 1. The molecule has 1 saturated carbocycles. The lowest BCUT2D eigenvalue weighted by molar-refractivity contribution is -0.130. The fourth-order valence-electron chi connectivity index (χ4n) is 4.49. The van der Waals surface area contributed by atoms with E-state index in [0.717, 1.165) is 55.4 Å². The molecule has 27 heavy (non-hydrogen) atoms. The molecule has 4 heteroatoms. The molecule has 0 aromatic heterocycles. The maximum atomic E-state index is 13.3. The molecule has 142 valence electrons.